The SMILES string of the molecule is CCCCCCCCCCCCCCCCCC(=O)OC[C@H](COC(=O)CCCCCCCCCCCCCCCCC(C)CC)OC(=O)CCCCCCCCCCCCC(C)C. The second-order valence-electron chi connectivity index (χ2n) is 20.6. The molecule has 1 unspecified atom stereocenters. The third kappa shape index (κ3) is 49.8. The van der Waals surface area contributed by atoms with Crippen LogP contribution in [0.2, 0.25) is 0 Å². The van der Waals surface area contributed by atoms with Gasteiger partial charge in [-0.15, -0.1) is 0 Å². The van der Waals surface area contributed by atoms with Gasteiger partial charge in [-0.1, -0.05) is 285 Å². The summed E-state index contributed by atoms with van der Waals surface area (Å²) in [6, 6.07) is 0. The highest BCUT2D eigenvalue weighted by Gasteiger charge is 2.19. The highest BCUT2D eigenvalue weighted by atomic mass is 16.6. The molecule has 6 nitrogen and oxygen atoms in total. The first-order valence-corrected chi connectivity index (χ1v) is 28.8. The van der Waals surface area contributed by atoms with Gasteiger partial charge in [0.05, 0.1) is 0 Å². The summed E-state index contributed by atoms with van der Waals surface area (Å²) in [5.41, 5.74) is 0. The number of hydrogen-bond acceptors (Lipinski definition) is 6. The molecule has 64 heavy (non-hydrogen) atoms. The summed E-state index contributed by atoms with van der Waals surface area (Å²) < 4.78 is 16.9. The van der Waals surface area contributed by atoms with Crippen molar-refractivity contribution in [2.45, 2.75) is 330 Å². The number of rotatable bonds is 52. The molecule has 2 atom stereocenters. The molecule has 0 spiro atoms. The summed E-state index contributed by atoms with van der Waals surface area (Å²) in [6.07, 6.45) is 53.7. The Morgan fingerprint density at radius 3 is 0.891 bits per heavy atom. The molecule has 0 N–H and O–H groups in total. The van der Waals surface area contributed by atoms with Gasteiger partial charge in [0.1, 0.15) is 13.2 Å². The van der Waals surface area contributed by atoms with Gasteiger partial charge >= 0.3 is 17.9 Å². The topological polar surface area (TPSA) is 78.9 Å². The van der Waals surface area contributed by atoms with E-state index in [2.05, 4.69) is 34.6 Å². The van der Waals surface area contributed by atoms with Gasteiger partial charge in [0.25, 0.3) is 0 Å². The van der Waals surface area contributed by atoms with Crippen LogP contribution in [0, 0.1) is 11.8 Å². The maximum atomic E-state index is 12.8. The Kier molecular flexibility index (Phi) is 49.6. The van der Waals surface area contributed by atoms with Crippen LogP contribution in [-0.4, -0.2) is 37.2 Å². The molecule has 380 valence electrons. The Balaban J connectivity index is 4.28. The fourth-order valence-electron chi connectivity index (χ4n) is 8.84. The minimum absolute atomic E-state index is 0.0629. The van der Waals surface area contributed by atoms with Gasteiger partial charge in [-0.25, -0.2) is 0 Å². The van der Waals surface area contributed by atoms with Crippen molar-refractivity contribution < 1.29 is 28.6 Å². The monoisotopic (exact) mass is 905 g/mol. The zero-order chi connectivity index (χ0) is 46.8. The highest BCUT2D eigenvalue weighted by molar-refractivity contribution is 5.71. The van der Waals surface area contributed by atoms with Gasteiger partial charge in [-0.3, -0.25) is 14.4 Å². The molecule has 0 rings (SSSR count). The van der Waals surface area contributed by atoms with Gasteiger partial charge in [-0.2, -0.15) is 0 Å². The van der Waals surface area contributed by atoms with E-state index in [0.29, 0.717) is 19.3 Å². The Hall–Kier alpha value is -1.59. The van der Waals surface area contributed by atoms with Crippen LogP contribution < -0.4 is 0 Å². The zero-order valence-electron chi connectivity index (χ0n) is 43.9. The van der Waals surface area contributed by atoms with E-state index in [1.165, 1.54) is 212 Å². The summed E-state index contributed by atoms with van der Waals surface area (Å²) in [5.74, 6) is 0.872. The lowest BCUT2D eigenvalue weighted by Crippen LogP contribution is -2.30. The molecule has 0 saturated carbocycles. The van der Waals surface area contributed by atoms with Crippen molar-refractivity contribution in [3.8, 4) is 0 Å². The van der Waals surface area contributed by atoms with Crippen molar-refractivity contribution in [2.75, 3.05) is 13.2 Å². The predicted molar refractivity (Wildman–Crippen MR) is 275 cm³/mol. The molecular formula is C58H112O6. The van der Waals surface area contributed by atoms with Crippen molar-refractivity contribution in [3.05, 3.63) is 0 Å². The maximum Gasteiger partial charge on any atom is 0.306 e. The maximum absolute atomic E-state index is 12.8. The minimum Gasteiger partial charge on any atom is -0.462 e. The van der Waals surface area contributed by atoms with Crippen LogP contribution in [0.3, 0.4) is 0 Å². The quantitative estimate of drug-likeness (QED) is 0.0344. The van der Waals surface area contributed by atoms with Crippen molar-refractivity contribution in [3.63, 3.8) is 0 Å². The summed E-state index contributed by atoms with van der Waals surface area (Å²) >= 11 is 0. The first kappa shape index (κ1) is 62.4. The molecule has 0 aliphatic carbocycles. The van der Waals surface area contributed by atoms with E-state index < -0.39 is 6.10 Å². The first-order valence-electron chi connectivity index (χ1n) is 28.8. The van der Waals surface area contributed by atoms with E-state index in [1.54, 1.807) is 0 Å². The van der Waals surface area contributed by atoms with E-state index in [-0.39, 0.29) is 31.1 Å². The van der Waals surface area contributed by atoms with Crippen LogP contribution in [0.5, 0.6) is 0 Å². The second-order valence-corrected chi connectivity index (χ2v) is 20.6. The van der Waals surface area contributed by atoms with Crippen LogP contribution in [-0.2, 0) is 28.6 Å². The summed E-state index contributed by atoms with van der Waals surface area (Å²) in [5, 5.41) is 0. The minimum atomic E-state index is -0.763. The molecule has 0 aliphatic heterocycles. The molecule has 0 aromatic heterocycles. The lowest BCUT2D eigenvalue weighted by Gasteiger charge is -2.18. The third-order valence-electron chi connectivity index (χ3n) is 13.6. The Labute approximate surface area is 399 Å². The van der Waals surface area contributed by atoms with Gasteiger partial charge in [0, 0.05) is 19.3 Å². The molecular weight excluding hydrogens is 793 g/mol. The zero-order valence-corrected chi connectivity index (χ0v) is 43.9. The molecule has 0 aliphatic rings. The smallest absolute Gasteiger partial charge is 0.306 e. The van der Waals surface area contributed by atoms with E-state index in [4.69, 9.17) is 14.2 Å². The van der Waals surface area contributed by atoms with E-state index in [9.17, 15) is 14.4 Å². The van der Waals surface area contributed by atoms with Crippen LogP contribution in [0.25, 0.3) is 0 Å². The van der Waals surface area contributed by atoms with Crippen molar-refractivity contribution in [2.24, 2.45) is 11.8 Å². The molecule has 0 aromatic rings. The average Bonchev–Trinajstić information content (AvgIpc) is 3.28. The van der Waals surface area contributed by atoms with E-state index >= 15 is 0 Å². The van der Waals surface area contributed by atoms with Crippen molar-refractivity contribution >= 4 is 17.9 Å². The largest absolute Gasteiger partial charge is 0.462 e. The Morgan fingerprint density at radius 2 is 0.594 bits per heavy atom. The van der Waals surface area contributed by atoms with Gasteiger partial charge in [-0.05, 0) is 31.1 Å². The molecule has 0 aromatic carbocycles. The molecule has 0 fully saturated rings. The molecule has 0 amide bonds. The van der Waals surface area contributed by atoms with Gasteiger partial charge in [0.15, 0.2) is 6.10 Å². The third-order valence-corrected chi connectivity index (χ3v) is 13.6. The normalized spacial score (nSPS) is 12.5. The van der Waals surface area contributed by atoms with Gasteiger partial charge < -0.3 is 14.2 Å². The number of carbonyl (C=O) groups excluding carboxylic acids is 3. The van der Waals surface area contributed by atoms with Gasteiger partial charge in [0.2, 0.25) is 0 Å². The molecule has 0 bridgehead atoms. The van der Waals surface area contributed by atoms with E-state index in [1.807, 2.05) is 0 Å². The first-order chi connectivity index (χ1) is 31.3. The highest BCUT2D eigenvalue weighted by Crippen LogP contribution is 2.18. The van der Waals surface area contributed by atoms with Crippen molar-refractivity contribution in [1.82, 2.24) is 0 Å². The number of unbranched alkanes of at least 4 members (excludes halogenated alkanes) is 36. The number of ether oxygens (including phenoxy) is 3. The fraction of sp³-hybridized carbons (Fsp3) is 0.948. The average molecular weight is 906 g/mol. The van der Waals surface area contributed by atoms with Crippen LogP contribution in [0.15, 0.2) is 0 Å². The Morgan fingerprint density at radius 1 is 0.328 bits per heavy atom. The lowest BCUT2D eigenvalue weighted by atomic mass is 9.99. The number of carbonyl (C=O) groups is 3. The summed E-state index contributed by atoms with van der Waals surface area (Å²) in [6.45, 7) is 11.4. The van der Waals surface area contributed by atoms with Crippen LogP contribution in [0.1, 0.15) is 324 Å². The van der Waals surface area contributed by atoms with Crippen LogP contribution in [0.4, 0.5) is 0 Å². The predicted octanol–water partition coefficient (Wildman–Crippen LogP) is 18.9. The Bertz CT molecular complexity index is 980. The lowest BCUT2D eigenvalue weighted by molar-refractivity contribution is -0.167. The standard InChI is InChI=1S/C58H112O6/c1-6-8-9-10-11-12-13-14-15-19-22-28-33-38-43-48-56(59)62-51-55(64-58(61)50-45-40-35-30-25-24-26-31-36-41-46-53(3)4)52-63-57(60)49-44-39-34-29-23-20-17-16-18-21-27-32-37-42-47-54(5)7-2/h53-55H,6-52H2,1-5H3/t54?,55-/m1/s1. The fourth-order valence-corrected chi connectivity index (χ4v) is 8.84. The number of hydrogen-bond donors (Lipinski definition) is 0. The second kappa shape index (κ2) is 50.8. The summed E-state index contributed by atoms with van der Waals surface area (Å²) in [7, 11) is 0. The molecule has 0 radical (unpaired) electrons. The van der Waals surface area contributed by atoms with Crippen LogP contribution >= 0.6 is 0 Å². The molecule has 0 saturated heterocycles. The van der Waals surface area contributed by atoms with E-state index in [0.717, 1.165) is 69.6 Å². The number of esters is 3. The molecule has 0 heterocycles. The van der Waals surface area contributed by atoms with Crippen molar-refractivity contribution in [1.29, 1.82) is 0 Å². The molecule has 6 heteroatoms. The summed E-state index contributed by atoms with van der Waals surface area (Å²) in [4.78, 5) is 38.1.